The number of anilines is 1. The summed E-state index contributed by atoms with van der Waals surface area (Å²) in [4.78, 5) is 24.2. The normalized spacial score (nSPS) is 10.1. The molecule has 1 aromatic heterocycles. The van der Waals surface area contributed by atoms with Gasteiger partial charge >= 0.3 is 0 Å². The Balaban J connectivity index is 2.23. The maximum atomic E-state index is 12.1. The second kappa shape index (κ2) is 6.46. The predicted molar refractivity (Wildman–Crippen MR) is 85.0 cm³/mol. The molecule has 0 saturated carbocycles. The number of nitrogens with zero attached hydrogens (tertiary/aromatic N) is 2. The number of halogens is 1. The fourth-order valence-electron chi connectivity index (χ4n) is 2.05. The van der Waals surface area contributed by atoms with Crippen LogP contribution in [0.3, 0.4) is 0 Å². The molecule has 1 N–H and O–H groups in total. The molecule has 1 aromatic carbocycles. The summed E-state index contributed by atoms with van der Waals surface area (Å²) in [6, 6.07) is 10.0. The summed E-state index contributed by atoms with van der Waals surface area (Å²) in [5.41, 5.74) is 1.63. The molecule has 0 atom stereocenters. The predicted octanol–water partition coefficient (Wildman–Crippen LogP) is 2.63. The number of hydrogen-bond acceptors (Lipinski definition) is 3. The van der Waals surface area contributed by atoms with E-state index < -0.39 is 5.56 Å². The average molecular weight is 316 g/mol. The minimum absolute atomic E-state index is 0.0149. The van der Waals surface area contributed by atoms with E-state index >= 15 is 0 Å². The summed E-state index contributed by atoms with van der Waals surface area (Å²) in [5.74, 6) is -0.342. The molecule has 0 spiro atoms. The molecule has 1 heterocycles. The summed E-state index contributed by atoms with van der Waals surface area (Å²) in [6.45, 7) is 3.39. The number of carbonyl (C=O) groups excluding carboxylic acids is 1. The van der Waals surface area contributed by atoms with E-state index in [1.807, 2.05) is 13.0 Å². The van der Waals surface area contributed by atoms with Crippen molar-refractivity contribution in [3.05, 3.63) is 62.5 Å². The van der Waals surface area contributed by atoms with Crippen molar-refractivity contribution < 1.29 is 4.79 Å². The zero-order valence-electron chi connectivity index (χ0n) is 12.2. The van der Waals surface area contributed by atoms with E-state index in [2.05, 4.69) is 5.32 Å². The van der Waals surface area contributed by atoms with Crippen molar-refractivity contribution in [2.75, 3.05) is 5.32 Å². The number of carbonyl (C=O) groups is 1. The molecule has 2 aromatic rings. The van der Waals surface area contributed by atoms with E-state index in [-0.39, 0.29) is 18.0 Å². The Bertz CT molecular complexity index is 834. The third-order valence-electron chi connectivity index (χ3n) is 3.28. The molecule has 0 bridgehead atoms. The van der Waals surface area contributed by atoms with Gasteiger partial charge in [-0.25, -0.2) is 0 Å². The van der Waals surface area contributed by atoms with Crippen LogP contribution in [0, 0.1) is 25.2 Å². The maximum Gasteiger partial charge on any atom is 0.269 e. The molecule has 0 radical (unpaired) electrons. The molecule has 22 heavy (non-hydrogen) atoms. The fourth-order valence-corrected chi connectivity index (χ4v) is 2.28. The first-order chi connectivity index (χ1) is 10.4. The molecule has 6 heteroatoms. The van der Waals surface area contributed by atoms with Gasteiger partial charge in [-0.1, -0.05) is 11.6 Å². The van der Waals surface area contributed by atoms with Crippen molar-refractivity contribution in [3.63, 3.8) is 0 Å². The number of aryl methyl sites for hydroxylation is 2. The van der Waals surface area contributed by atoms with Gasteiger partial charge in [-0.15, -0.1) is 0 Å². The van der Waals surface area contributed by atoms with E-state index in [4.69, 9.17) is 16.9 Å². The lowest BCUT2D eigenvalue weighted by atomic mass is 10.2. The third kappa shape index (κ3) is 3.35. The molecular formula is C16H14ClN3O2. The summed E-state index contributed by atoms with van der Waals surface area (Å²) in [6.07, 6.45) is 0. The molecule has 0 unspecified atom stereocenters. The largest absolute Gasteiger partial charge is 0.324 e. The van der Waals surface area contributed by atoms with Crippen LogP contribution in [0.5, 0.6) is 0 Å². The van der Waals surface area contributed by atoms with Gasteiger partial charge in [0.25, 0.3) is 5.56 Å². The first-order valence-electron chi connectivity index (χ1n) is 6.59. The number of amides is 1. The Labute approximate surface area is 132 Å². The minimum Gasteiger partial charge on any atom is -0.324 e. The van der Waals surface area contributed by atoms with Gasteiger partial charge in [0, 0.05) is 16.4 Å². The lowest BCUT2D eigenvalue weighted by molar-refractivity contribution is -0.116. The van der Waals surface area contributed by atoms with Crippen molar-refractivity contribution in [2.24, 2.45) is 0 Å². The molecular weight excluding hydrogens is 302 g/mol. The van der Waals surface area contributed by atoms with Crippen molar-refractivity contribution in [1.29, 1.82) is 5.26 Å². The van der Waals surface area contributed by atoms with Gasteiger partial charge < -0.3 is 9.88 Å². The molecule has 112 valence electrons. The smallest absolute Gasteiger partial charge is 0.269 e. The Hall–Kier alpha value is -2.58. The van der Waals surface area contributed by atoms with Crippen LogP contribution in [0.2, 0.25) is 5.02 Å². The quantitative estimate of drug-likeness (QED) is 0.946. The van der Waals surface area contributed by atoms with Gasteiger partial charge in [0.2, 0.25) is 5.91 Å². The van der Waals surface area contributed by atoms with Gasteiger partial charge in [0.05, 0.1) is 0 Å². The Morgan fingerprint density at radius 3 is 2.68 bits per heavy atom. The Morgan fingerprint density at radius 2 is 2.05 bits per heavy atom. The number of nitriles is 1. The fraction of sp³-hybridized carbons (Fsp3) is 0.188. The minimum atomic E-state index is -0.467. The van der Waals surface area contributed by atoms with E-state index in [1.54, 1.807) is 31.2 Å². The Morgan fingerprint density at radius 1 is 1.32 bits per heavy atom. The van der Waals surface area contributed by atoms with Crippen LogP contribution in [0.25, 0.3) is 0 Å². The van der Waals surface area contributed by atoms with E-state index in [1.165, 1.54) is 10.6 Å². The molecule has 0 saturated heterocycles. The van der Waals surface area contributed by atoms with E-state index in [0.717, 1.165) is 5.56 Å². The molecule has 0 aliphatic carbocycles. The lowest BCUT2D eigenvalue weighted by Gasteiger charge is -2.12. The summed E-state index contributed by atoms with van der Waals surface area (Å²) >= 11 is 5.87. The lowest BCUT2D eigenvalue weighted by Crippen LogP contribution is -2.30. The van der Waals surface area contributed by atoms with Gasteiger partial charge in [0.1, 0.15) is 18.2 Å². The number of benzene rings is 1. The molecule has 0 aliphatic rings. The van der Waals surface area contributed by atoms with Crippen molar-refractivity contribution in [3.8, 4) is 6.07 Å². The van der Waals surface area contributed by atoms with Gasteiger partial charge in [-0.05, 0) is 49.7 Å². The topological polar surface area (TPSA) is 74.9 Å². The number of nitrogens with one attached hydrogen (secondary N) is 1. The highest BCUT2D eigenvalue weighted by Crippen LogP contribution is 2.19. The number of hydrogen-bond donors (Lipinski definition) is 1. The van der Waals surface area contributed by atoms with Crippen LogP contribution in [0.1, 0.15) is 16.8 Å². The third-order valence-corrected chi connectivity index (χ3v) is 3.51. The first kappa shape index (κ1) is 15.8. The van der Waals surface area contributed by atoms with Crippen molar-refractivity contribution >= 4 is 23.2 Å². The highest BCUT2D eigenvalue weighted by Gasteiger charge is 2.11. The van der Waals surface area contributed by atoms with Crippen LogP contribution < -0.4 is 10.9 Å². The summed E-state index contributed by atoms with van der Waals surface area (Å²) < 4.78 is 1.28. The van der Waals surface area contributed by atoms with Crippen LogP contribution >= 0.6 is 11.6 Å². The SMILES string of the molecule is Cc1cc(Cl)ccc1NC(=O)Cn1c(C)ccc(C#N)c1=O. The molecule has 5 nitrogen and oxygen atoms in total. The van der Waals surface area contributed by atoms with E-state index in [0.29, 0.717) is 16.4 Å². The van der Waals surface area contributed by atoms with Gasteiger partial charge in [-0.2, -0.15) is 5.26 Å². The Kier molecular flexibility index (Phi) is 4.64. The molecule has 0 fully saturated rings. The van der Waals surface area contributed by atoms with E-state index in [9.17, 15) is 9.59 Å². The second-order valence-electron chi connectivity index (χ2n) is 4.90. The standard InChI is InChI=1S/C16H14ClN3O2/c1-10-7-13(17)5-6-14(10)19-15(21)9-20-11(2)3-4-12(8-18)16(20)22/h3-7H,9H2,1-2H3,(H,19,21). The van der Waals surface area contributed by atoms with Crippen LogP contribution in [-0.4, -0.2) is 10.5 Å². The van der Waals surface area contributed by atoms with Crippen molar-refractivity contribution in [1.82, 2.24) is 4.57 Å². The van der Waals surface area contributed by atoms with Crippen LogP contribution in [0.15, 0.2) is 35.1 Å². The maximum absolute atomic E-state index is 12.1. The number of aromatic nitrogens is 1. The highest BCUT2D eigenvalue weighted by atomic mass is 35.5. The molecule has 0 aliphatic heterocycles. The molecule has 2 rings (SSSR count). The average Bonchev–Trinajstić information content (AvgIpc) is 2.46. The molecule has 1 amide bonds. The second-order valence-corrected chi connectivity index (χ2v) is 5.34. The number of pyridine rings is 1. The zero-order chi connectivity index (χ0) is 16.3. The first-order valence-corrected chi connectivity index (χ1v) is 6.96. The summed E-state index contributed by atoms with van der Waals surface area (Å²) in [7, 11) is 0. The van der Waals surface area contributed by atoms with Crippen LogP contribution in [-0.2, 0) is 11.3 Å². The van der Waals surface area contributed by atoms with Crippen LogP contribution in [0.4, 0.5) is 5.69 Å². The van der Waals surface area contributed by atoms with Gasteiger partial charge in [0.15, 0.2) is 0 Å². The highest BCUT2D eigenvalue weighted by molar-refractivity contribution is 6.30. The zero-order valence-corrected chi connectivity index (χ0v) is 12.9. The summed E-state index contributed by atoms with van der Waals surface area (Å²) in [5, 5.41) is 12.2. The number of rotatable bonds is 3. The monoisotopic (exact) mass is 315 g/mol. The van der Waals surface area contributed by atoms with Gasteiger partial charge in [-0.3, -0.25) is 9.59 Å². The van der Waals surface area contributed by atoms with Crippen molar-refractivity contribution in [2.45, 2.75) is 20.4 Å².